The van der Waals surface area contributed by atoms with Crippen molar-refractivity contribution >= 4 is 34.2 Å². The molecular formula is C46H34N4O4. The number of nitrogens with one attached hydrogen (secondary N) is 4. The van der Waals surface area contributed by atoms with E-state index in [-0.39, 0.29) is 23.2 Å². The summed E-state index contributed by atoms with van der Waals surface area (Å²) >= 11 is 0. The molecule has 2 unspecified atom stereocenters. The van der Waals surface area contributed by atoms with Gasteiger partial charge in [0, 0.05) is 55.8 Å². The standard InChI is InChI=1S/C46H34N4O4/c51-45(52)31-15-11-29(12-16-31)43-37-23-21-35(48-37)41(27-7-3-1-4-8-27)33-19-20-34(47-33)42(28-9-5-2-6-10-28)36-22-24-38(49-36)44(40-26-25-39(43)50-40)30-13-17-32(18-14-30)46(53)54/h1-26,33,39,47-50H,(H,51,52)(H,53,54)/b41-35-,42-34-,43-37-,44-40-. The van der Waals surface area contributed by atoms with Gasteiger partial charge < -0.3 is 30.8 Å². The monoisotopic (exact) mass is 706 g/mol. The van der Waals surface area contributed by atoms with Gasteiger partial charge in [0.05, 0.1) is 23.2 Å². The van der Waals surface area contributed by atoms with Crippen LogP contribution < -0.4 is 21.3 Å². The summed E-state index contributed by atoms with van der Waals surface area (Å²) in [4.78, 5) is 31.1. The van der Waals surface area contributed by atoms with Gasteiger partial charge in [-0.05, 0) is 82.9 Å². The van der Waals surface area contributed by atoms with Gasteiger partial charge in [0.2, 0.25) is 0 Å². The molecule has 3 aliphatic rings. The quantitative estimate of drug-likeness (QED) is 0.119. The van der Waals surface area contributed by atoms with Crippen LogP contribution >= 0.6 is 0 Å². The van der Waals surface area contributed by atoms with Gasteiger partial charge in [0.25, 0.3) is 0 Å². The highest BCUT2D eigenvalue weighted by Crippen LogP contribution is 2.35. The topological polar surface area (TPSA) is 130 Å². The Kier molecular flexibility index (Phi) is 8.05. The van der Waals surface area contributed by atoms with E-state index in [1.165, 1.54) is 0 Å². The number of hydrogen-bond donors (Lipinski definition) is 6. The number of rotatable bonds is 6. The van der Waals surface area contributed by atoms with E-state index in [1.54, 1.807) is 24.3 Å². The lowest BCUT2D eigenvalue weighted by atomic mass is 9.97. The molecule has 5 heterocycles. The molecule has 0 radical (unpaired) electrons. The molecule has 54 heavy (non-hydrogen) atoms. The zero-order chi connectivity index (χ0) is 36.8. The van der Waals surface area contributed by atoms with Crippen molar-refractivity contribution in [3.63, 3.8) is 0 Å². The molecule has 2 atom stereocenters. The maximum absolute atomic E-state index is 11.8. The van der Waals surface area contributed by atoms with Gasteiger partial charge in [-0.15, -0.1) is 0 Å². The van der Waals surface area contributed by atoms with Crippen LogP contribution in [0.3, 0.4) is 0 Å². The van der Waals surface area contributed by atoms with Crippen molar-refractivity contribution in [2.45, 2.75) is 12.1 Å². The van der Waals surface area contributed by atoms with Crippen LogP contribution in [-0.2, 0) is 0 Å². The van der Waals surface area contributed by atoms with Crippen molar-refractivity contribution < 1.29 is 19.8 Å². The Labute approximate surface area is 310 Å². The predicted octanol–water partition coefficient (Wildman–Crippen LogP) is 6.43. The molecule has 6 N–H and O–H groups in total. The van der Waals surface area contributed by atoms with Crippen LogP contribution in [0.5, 0.6) is 0 Å². The molecule has 8 nitrogen and oxygen atoms in total. The Balaban J connectivity index is 1.33. The summed E-state index contributed by atoms with van der Waals surface area (Å²) in [6.45, 7) is 0. The van der Waals surface area contributed by atoms with E-state index in [9.17, 15) is 19.8 Å². The first-order valence-corrected chi connectivity index (χ1v) is 17.7. The fraction of sp³-hybridized carbons (Fsp3) is 0.0435. The van der Waals surface area contributed by atoms with Gasteiger partial charge in [-0.3, -0.25) is 0 Å². The molecule has 3 aliphatic heterocycles. The maximum atomic E-state index is 11.8. The van der Waals surface area contributed by atoms with Gasteiger partial charge in [-0.1, -0.05) is 97.1 Å². The normalized spacial score (nSPS) is 22.1. The molecule has 0 spiro atoms. The highest BCUT2D eigenvalue weighted by molar-refractivity contribution is 5.91. The average Bonchev–Trinajstić information content (AvgIpc) is 4.04. The maximum Gasteiger partial charge on any atom is 0.335 e. The lowest BCUT2D eigenvalue weighted by Crippen LogP contribution is -2.31. The summed E-state index contributed by atoms with van der Waals surface area (Å²) in [5, 5.41) is 28.8. The number of H-pyrrole nitrogens is 2. The minimum atomic E-state index is -0.987. The number of carboxylic acids is 2. The zero-order valence-corrected chi connectivity index (χ0v) is 28.9. The number of carboxylic acid groups (broad SMARTS) is 2. The van der Waals surface area contributed by atoms with Gasteiger partial charge in [0.15, 0.2) is 0 Å². The van der Waals surface area contributed by atoms with E-state index in [0.29, 0.717) is 0 Å². The number of aromatic nitrogens is 2. The van der Waals surface area contributed by atoms with Gasteiger partial charge in [-0.2, -0.15) is 0 Å². The molecule has 6 aromatic rings. The smallest absolute Gasteiger partial charge is 0.335 e. The zero-order valence-electron chi connectivity index (χ0n) is 28.9. The fourth-order valence-electron chi connectivity index (χ4n) is 7.67. The van der Waals surface area contributed by atoms with Crippen LogP contribution in [0.1, 0.15) is 54.4 Å². The minimum absolute atomic E-state index is 0.160. The predicted molar refractivity (Wildman–Crippen MR) is 210 cm³/mol. The van der Waals surface area contributed by atoms with Crippen LogP contribution in [0.4, 0.5) is 0 Å². The first kappa shape index (κ1) is 32.6. The van der Waals surface area contributed by atoms with E-state index in [2.05, 4.69) is 93.4 Å². The first-order chi connectivity index (χ1) is 26.4. The molecule has 9 rings (SSSR count). The van der Waals surface area contributed by atoms with Crippen molar-refractivity contribution in [2.75, 3.05) is 0 Å². The summed E-state index contributed by atoms with van der Waals surface area (Å²) in [6.07, 6.45) is 8.51. The molecule has 2 aromatic heterocycles. The molecule has 0 saturated heterocycles. The minimum Gasteiger partial charge on any atom is -0.478 e. The van der Waals surface area contributed by atoms with Crippen molar-refractivity contribution in [1.82, 2.24) is 20.6 Å². The summed E-state index contributed by atoms with van der Waals surface area (Å²) in [5.41, 5.74) is 11.8. The molecule has 0 fully saturated rings. The Morgan fingerprint density at radius 2 is 0.852 bits per heavy atom. The largest absolute Gasteiger partial charge is 0.478 e. The van der Waals surface area contributed by atoms with E-state index < -0.39 is 11.9 Å². The van der Waals surface area contributed by atoms with Gasteiger partial charge in [-0.25, -0.2) is 9.59 Å². The van der Waals surface area contributed by atoms with Crippen LogP contribution in [0.25, 0.3) is 22.3 Å². The van der Waals surface area contributed by atoms with Crippen LogP contribution in [0, 0.1) is 0 Å². The van der Waals surface area contributed by atoms with E-state index >= 15 is 0 Å². The third-order valence-electron chi connectivity index (χ3n) is 10.2. The molecule has 8 heteroatoms. The van der Waals surface area contributed by atoms with Crippen LogP contribution in [0.15, 0.2) is 169 Å². The van der Waals surface area contributed by atoms with Crippen molar-refractivity contribution in [1.29, 1.82) is 0 Å². The Hall–Kier alpha value is -7.32. The third kappa shape index (κ3) is 5.85. The Morgan fingerprint density at radius 1 is 0.444 bits per heavy atom. The summed E-state index contributed by atoms with van der Waals surface area (Å²) < 4.78 is 0. The molecule has 8 bridgehead atoms. The summed E-state index contributed by atoms with van der Waals surface area (Å²) in [5.74, 6) is -1.97. The van der Waals surface area contributed by atoms with Crippen molar-refractivity contribution in [3.8, 4) is 0 Å². The fourth-order valence-corrected chi connectivity index (χ4v) is 7.67. The number of fused-ring (bicyclic) bond motifs is 8. The van der Waals surface area contributed by atoms with Gasteiger partial charge in [0.1, 0.15) is 0 Å². The number of benzene rings is 4. The van der Waals surface area contributed by atoms with Gasteiger partial charge >= 0.3 is 11.9 Å². The average molecular weight is 707 g/mol. The SMILES string of the molecule is O=C(O)c1ccc(/C2=C3\C=CC(N3)/C(c3ccc(C(=O)O)cc3)=c3/cc/c([nH]3)=C(\c3ccccc3)C3C=C/C(=C(\c4ccccc4)c4ccc2[nH]4)N3)cc1. The molecule has 0 saturated carbocycles. The second kappa shape index (κ2) is 13.3. The van der Waals surface area contributed by atoms with E-state index in [4.69, 9.17) is 0 Å². The van der Waals surface area contributed by atoms with Crippen molar-refractivity contribution in [2.24, 2.45) is 0 Å². The Bertz CT molecular complexity index is 2700. The lowest BCUT2D eigenvalue weighted by Gasteiger charge is -2.20. The molecular weight excluding hydrogens is 673 g/mol. The molecule has 4 aromatic carbocycles. The van der Waals surface area contributed by atoms with Crippen molar-refractivity contribution in [3.05, 3.63) is 225 Å². The number of carbonyl (C=O) groups is 2. The lowest BCUT2D eigenvalue weighted by molar-refractivity contribution is 0.0686. The third-order valence-corrected chi connectivity index (χ3v) is 10.2. The molecule has 262 valence electrons. The molecule has 0 amide bonds. The summed E-state index contributed by atoms with van der Waals surface area (Å²) in [7, 11) is 0. The Morgan fingerprint density at radius 3 is 1.31 bits per heavy atom. The number of allylic oxidation sites excluding steroid dienone is 2. The second-order valence-corrected chi connectivity index (χ2v) is 13.4. The van der Waals surface area contributed by atoms with Crippen LogP contribution in [-0.4, -0.2) is 44.2 Å². The van der Waals surface area contributed by atoms with E-state index in [1.807, 2.05) is 60.7 Å². The number of aromatic amines is 2. The molecule has 0 aliphatic carbocycles. The summed E-state index contributed by atoms with van der Waals surface area (Å²) in [6, 6.07) is 42.4. The number of aromatic carboxylic acids is 2. The first-order valence-electron chi connectivity index (χ1n) is 17.7. The van der Waals surface area contributed by atoms with Crippen LogP contribution in [0.2, 0.25) is 0 Å². The highest BCUT2D eigenvalue weighted by atomic mass is 16.4. The highest BCUT2D eigenvalue weighted by Gasteiger charge is 2.27. The van der Waals surface area contributed by atoms with E-state index in [0.717, 1.165) is 78.0 Å². The second-order valence-electron chi connectivity index (χ2n) is 13.4. The number of hydrogen-bond acceptors (Lipinski definition) is 4.